The molecule has 0 aromatic heterocycles. The van der Waals surface area contributed by atoms with Gasteiger partial charge in [-0.15, -0.1) is 0 Å². The molecule has 0 aromatic carbocycles. The number of aliphatic carboxylic acids is 3. The van der Waals surface area contributed by atoms with Crippen molar-refractivity contribution in [1.82, 2.24) is 0 Å². The van der Waals surface area contributed by atoms with Crippen LogP contribution in [-0.2, 0) is 48.2 Å². The van der Waals surface area contributed by atoms with Gasteiger partial charge in [-0.1, -0.05) is 0 Å². The summed E-state index contributed by atoms with van der Waals surface area (Å²) in [5.41, 5.74) is 0. The first-order valence-electron chi connectivity index (χ1n) is 2.86. The molecule has 0 saturated carbocycles. The van der Waals surface area contributed by atoms with Crippen LogP contribution in [0.4, 0.5) is 0 Å². The predicted octanol–water partition coefficient (Wildman–Crippen LogP) is -2.19. The van der Waals surface area contributed by atoms with Crippen LogP contribution in [0.2, 0.25) is 0 Å². The normalized spacial score (nSPS) is 6.00. The zero-order valence-corrected chi connectivity index (χ0v) is 9.11. The molecule has 0 unspecified atom stereocenters. The van der Waals surface area contributed by atoms with Crippen molar-refractivity contribution in [3.8, 4) is 0 Å². The Labute approximate surface area is 101 Å². The van der Waals surface area contributed by atoms with E-state index < -0.39 is 17.9 Å². The Morgan fingerprint density at radius 1 is 0.625 bits per heavy atom. The summed E-state index contributed by atoms with van der Waals surface area (Å²) in [6.45, 7) is 0. The van der Waals surface area contributed by atoms with Crippen LogP contribution in [0.3, 0.4) is 0 Å². The number of carbonyl (C=O) groups excluding carboxylic acids is 3. The van der Waals surface area contributed by atoms with Gasteiger partial charge in [0.25, 0.3) is 0 Å². The molecular weight excluding hydrogens is 317 g/mol. The van der Waals surface area contributed by atoms with Gasteiger partial charge in [-0.05, 0) is 0 Å². The Kier molecular flexibility index (Phi) is 27.8. The summed E-state index contributed by atoms with van der Waals surface area (Å²) in [6, 6.07) is 0. The Morgan fingerprint density at radius 3 is 0.688 bits per heavy atom. The summed E-state index contributed by atoms with van der Waals surface area (Å²) in [7, 11) is 0. The molecule has 9 nitrogen and oxygen atoms in total. The number of hydrogen-bond acceptors (Lipinski definition) is 6. The predicted molar refractivity (Wildman–Crippen MR) is 41.1 cm³/mol. The Bertz CT molecular complexity index is 216. The molecule has 0 radical (unpaired) electrons. The monoisotopic (exact) mass is 324 g/mol. The Hall–Kier alpha value is -1.96. The number of hydrogen-bond donors (Lipinski definition) is 3. The van der Waals surface area contributed by atoms with Crippen LogP contribution >= 0.6 is 0 Å². The minimum Gasteiger partial charge on any atom is -0.476 e. The number of carboxylic acid groups (broad SMARTS) is 3. The van der Waals surface area contributed by atoms with E-state index in [-0.39, 0.29) is 38.3 Å². The topological polar surface area (TPSA) is 163 Å². The zero-order valence-electron chi connectivity index (χ0n) is 7.38. The van der Waals surface area contributed by atoms with Crippen molar-refractivity contribution >= 4 is 36.8 Å². The van der Waals surface area contributed by atoms with Crippen molar-refractivity contribution in [2.24, 2.45) is 0 Å². The van der Waals surface area contributed by atoms with Gasteiger partial charge >= 0.3 is 17.9 Å². The van der Waals surface area contributed by atoms with Crippen LogP contribution in [0.25, 0.3) is 0 Å². The fourth-order valence-electron chi connectivity index (χ4n) is 0. The molecule has 0 fully saturated rings. The number of carboxylic acids is 3. The second-order valence-corrected chi connectivity index (χ2v) is 1.37. The summed E-state index contributed by atoms with van der Waals surface area (Å²) < 4.78 is 0. The fraction of sp³-hybridized carbons (Fsp3) is 0. The summed E-state index contributed by atoms with van der Waals surface area (Å²) in [4.78, 5) is 53.7. The molecular formula is C6H6O9Ru. The van der Waals surface area contributed by atoms with Gasteiger partial charge in [0, 0.05) is 19.5 Å². The van der Waals surface area contributed by atoms with Crippen LogP contribution in [0.1, 0.15) is 0 Å². The van der Waals surface area contributed by atoms with Crippen molar-refractivity contribution in [1.29, 1.82) is 0 Å². The first-order chi connectivity index (χ1) is 6.81. The standard InChI is InChI=1S/3C2H2O3.Ru/c3*3-1-2(4)5;/h3*1H,(H,4,5);. The smallest absolute Gasteiger partial charge is 0.368 e. The molecule has 0 spiro atoms. The summed E-state index contributed by atoms with van der Waals surface area (Å²) >= 11 is 0. The second kappa shape index (κ2) is 18.8. The van der Waals surface area contributed by atoms with Gasteiger partial charge in [-0.3, -0.25) is 14.4 Å². The van der Waals surface area contributed by atoms with Crippen molar-refractivity contribution in [3.05, 3.63) is 0 Å². The maximum Gasteiger partial charge on any atom is 0.368 e. The summed E-state index contributed by atoms with van der Waals surface area (Å²) in [6.07, 6.45) is -0.500. The van der Waals surface area contributed by atoms with Crippen molar-refractivity contribution in [2.75, 3.05) is 0 Å². The van der Waals surface area contributed by atoms with E-state index in [0.717, 1.165) is 0 Å². The molecule has 0 heterocycles. The van der Waals surface area contributed by atoms with E-state index in [2.05, 4.69) is 0 Å². The van der Waals surface area contributed by atoms with Crippen LogP contribution in [0, 0.1) is 0 Å². The number of carbonyl (C=O) groups is 6. The molecule has 0 aliphatic rings. The quantitative estimate of drug-likeness (QED) is 0.297. The van der Waals surface area contributed by atoms with Gasteiger partial charge in [-0.2, -0.15) is 0 Å². The van der Waals surface area contributed by atoms with Gasteiger partial charge in [0.05, 0.1) is 0 Å². The van der Waals surface area contributed by atoms with Gasteiger partial charge in [0.2, 0.25) is 18.9 Å². The minimum atomic E-state index is -1.43. The van der Waals surface area contributed by atoms with E-state index in [1.54, 1.807) is 0 Å². The maximum atomic E-state index is 9.00. The average Bonchev–Trinajstić information content (AvgIpc) is 2.19. The van der Waals surface area contributed by atoms with E-state index in [4.69, 9.17) is 44.1 Å². The number of rotatable bonds is 3. The molecule has 10 heteroatoms. The van der Waals surface area contributed by atoms with E-state index in [9.17, 15) is 0 Å². The van der Waals surface area contributed by atoms with E-state index in [1.165, 1.54) is 0 Å². The van der Waals surface area contributed by atoms with Crippen molar-refractivity contribution < 1.29 is 63.6 Å². The molecule has 92 valence electrons. The number of aldehydes is 3. The van der Waals surface area contributed by atoms with Crippen molar-refractivity contribution in [2.45, 2.75) is 0 Å². The van der Waals surface area contributed by atoms with Gasteiger partial charge in [0.15, 0.2) is 0 Å². The van der Waals surface area contributed by atoms with Crippen LogP contribution in [0.5, 0.6) is 0 Å². The first kappa shape index (κ1) is 23.7. The molecule has 0 rings (SSSR count). The Morgan fingerprint density at radius 2 is 0.688 bits per heavy atom. The molecule has 3 N–H and O–H groups in total. The third-order valence-electron chi connectivity index (χ3n) is 0.302. The second-order valence-electron chi connectivity index (χ2n) is 1.37. The van der Waals surface area contributed by atoms with Gasteiger partial charge in [0.1, 0.15) is 0 Å². The molecule has 0 bridgehead atoms. The summed E-state index contributed by atoms with van der Waals surface area (Å²) in [5.74, 6) is -4.28. The van der Waals surface area contributed by atoms with Crippen LogP contribution < -0.4 is 0 Å². The third-order valence-corrected chi connectivity index (χ3v) is 0.302. The molecule has 0 aliphatic heterocycles. The molecule has 0 saturated heterocycles. The van der Waals surface area contributed by atoms with E-state index in [0.29, 0.717) is 0 Å². The maximum absolute atomic E-state index is 9.00. The van der Waals surface area contributed by atoms with Crippen LogP contribution in [0.15, 0.2) is 0 Å². The molecule has 0 aromatic rings. The van der Waals surface area contributed by atoms with Crippen LogP contribution in [-0.4, -0.2) is 52.1 Å². The van der Waals surface area contributed by atoms with E-state index in [1.807, 2.05) is 0 Å². The van der Waals surface area contributed by atoms with E-state index >= 15 is 0 Å². The summed E-state index contributed by atoms with van der Waals surface area (Å²) in [5, 5.41) is 22.1. The molecule has 16 heavy (non-hydrogen) atoms. The molecule has 0 atom stereocenters. The largest absolute Gasteiger partial charge is 0.476 e. The Balaban J connectivity index is -0.0000000655. The zero-order chi connectivity index (χ0) is 12.9. The minimum absolute atomic E-state index is 0. The first-order valence-corrected chi connectivity index (χ1v) is 2.86. The molecule has 0 amide bonds. The SMILES string of the molecule is O=CC(=O)O.O=CC(=O)O.O=CC(=O)O.[Ru]. The third kappa shape index (κ3) is 89.8. The van der Waals surface area contributed by atoms with Crippen molar-refractivity contribution in [3.63, 3.8) is 0 Å². The average molecular weight is 323 g/mol. The fourth-order valence-corrected chi connectivity index (χ4v) is 0. The van der Waals surface area contributed by atoms with Gasteiger partial charge < -0.3 is 15.3 Å². The molecule has 0 aliphatic carbocycles. The van der Waals surface area contributed by atoms with Gasteiger partial charge in [-0.25, -0.2) is 14.4 Å².